The van der Waals surface area contributed by atoms with Crippen LogP contribution < -0.4 is 4.74 Å². The third-order valence-electron chi connectivity index (χ3n) is 7.51. The number of fused-ring (bicyclic) bond motifs is 1. The highest BCUT2D eigenvalue weighted by Gasteiger charge is 2.37. The average Bonchev–Trinajstić information content (AvgIpc) is 2.76. The zero-order valence-electron chi connectivity index (χ0n) is 19.6. The first kappa shape index (κ1) is 22.1. The molecule has 0 aromatic heterocycles. The predicted octanol–water partition coefficient (Wildman–Crippen LogP) is 5.96. The molecule has 2 fully saturated rings. The first-order valence-corrected chi connectivity index (χ1v) is 11.8. The topological polar surface area (TPSA) is 38.8 Å². The number of likely N-dealkylation sites (tertiary alicyclic amines) is 1. The molecule has 1 saturated carbocycles. The smallest absolute Gasteiger partial charge is 0.311 e. The number of hydrogen-bond acceptors (Lipinski definition) is 4. The standard InChI is InChI=1S/C27H37NO3/c1-26(2)11-9-23(10-12-26)31-24-8-7-21-17-20(5-6-22(21)18-24)19-28-15-13-27(3,14-16-28)25(29)30-4/h5-8,17-18,23H,9-16,19H2,1-4H3. The molecule has 0 atom stereocenters. The summed E-state index contributed by atoms with van der Waals surface area (Å²) in [7, 11) is 1.49. The summed E-state index contributed by atoms with van der Waals surface area (Å²) in [6.07, 6.45) is 6.83. The van der Waals surface area contributed by atoms with Crippen LogP contribution >= 0.6 is 0 Å². The molecule has 4 heteroatoms. The minimum atomic E-state index is -0.334. The fourth-order valence-electron chi connectivity index (χ4n) is 5.04. The molecule has 168 valence electrons. The first-order chi connectivity index (χ1) is 14.8. The van der Waals surface area contributed by atoms with Gasteiger partial charge in [0.15, 0.2) is 0 Å². The number of nitrogens with zero attached hydrogens (tertiary/aromatic N) is 1. The van der Waals surface area contributed by atoms with E-state index in [1.807, 2.05) is 6.92 Å². The summed E-state index contributed by atoms with van der Waals surface area (Å²) in [5, 5.41) is 2.49. The number of esters is 1. The van der Waals surface area contributed by atoms with Crippen LogP contribution in [0.25, 0.3) is 10.8 Å². The number of piperidine rings is 1. The number of benzene rings is 2. The molecule has 1 saturated heterocycles. The lowest BCUT2D eigenvalue weighted by Crippen LogP contribution is -2.42. The molecule has 2 aromatic rings. The molecule has 0 bridgehead atoms. The van der Waals surface area contributed by atoms with Crippen molar-refractivity contribution < 1.29 is 14.3 Å². The highest BCUT2D eigenvalue weighted by Crippen LogP contribution is 2.37. The zero-order valence-corrected chi connectivity index (χ0v) is 19.6. The molecule has 4 nitrogen and oxygen atoms in total. The van der Waals surface area contributed by atoms with E-state index in [0.29, 0.717) is 11.5 Å². The van der Waals surface area contributed by atoms with E-state index in [9.17, 15) is 4.79 Å². The minimum Gasteiger partial charge on any atom is -0.490 e. The summed E-state index contributed by atoms with van der Waals surface area (Å²) in [5.41, 5.74) is 1.45. The Kier molecular flexibility index (Phi) is 6.30. The normalized spacial score (nSPS) is 21.7. The van der Waals surface area contributed by atoms with Gasteiger partial charge in [-0.15, -0.1) is 0 Å². The van der Waals surface area contributed by atoms with Gasteiger partial charge in [-0.2, -0.15) is 0 Å². The molecule has 2 aliphatic rings. The van der Waals surface area contributed by atoms with Crippen LogP contribution in [-0.2, 0) is 16.1 Å². The maximum absolute atomic E-state index is 12.0. The average molecular weight is 424 g/mol. The van der Waals surface area contributed by atoms with E-state index in [2.05, 4.69) is 55.1 Å². The number of hydrogen-bond donors (Lipinski definition) is 0. The molecule has 0 N–H and O–H groups in total. The second-order valence-electron chi connectivity index (χ2n) is 10.7. The number of rotatable bonds is 5. The molecule has 0 radical (unpaired) electrons. The Morgan fingerprint density at radius 1 is 0.968 bits per heavy atom. The SMILES string of the molecule is COC(=O)C1(C)CCN(Cc2ccc3cc(OC4CCC(C)(C)CC4)ccc3c2)CC1. The molecule has 1 aliphatic carbocycles. The van der Waals surface area contributed by atoms with Crippen molar-refractivity contribution in [2.24, 2.45) is 10.8 Å². The summed E-state index contributed by atoms with van der Waals surface area (Å²) < 4.78 is 11.3. The second kappa shape index (κ2) is 8.82. The van der Waals surface area contributed by atoms with Crippen molar-refractivity contribution in [1.82, 2.24) is 4.90 Å². The fourth-order valence-corrected chi connectivity index (χ4v) is 5.04. The number of ether oxygens (including phenoxy) is 2. The van der Waals surface area contributed by atoms with Gasteiger partial charge in [-0.1, -0.05) is 32.0 Å². The van der Waals surface area contributed by atoms with Crippen LogP contribution in [-0.4, -0.2) is 37.2 Å². The van der Waals surface area contributed by atoms with E-state index in [-0.39, 0.29) is 11.4 Å². The second-order valence-corrected chi connectivity index (χ2v) is 10.7. The fraction of sp³-hybridized carbons (Fsp3) is 0.593. The van der Waals surface area contributed by atoms with Gasteiger partial charge in [-0.3, -0.25) is 9.69 Å². The van der Waals surface area contributed by atoms with Gasteiger partial charge >= 0.3 is 5.97 Å². The molecule has 1 heterocycles. The summed E-state index contributed by atoms with van der Waals surface area (Å²) in [6, 6.07) is 13.2. The molecular weight excluding hydrogens is 386 g/mol. The Balaban J connectivity index is 1.36. The summed E-state index contributed by atoms with van der Waals surface area (Å²) >= 11 is 0. The van der Waals surface area contributed by atoms with E-state index in [0.717, 1.165) is 51.1 Å². The van der Waals surface area contributed by atoms with Crippen LogP contribution in [0.15, 0.2) is 36.4 Å². The molecule has 31 heavy (non-hydrogen) atoms. The first-order valence-electron chi connectivity index (χ1n) is 11.8. The third kappa shape index (κ3) is 5.23. The molecular formula is C27H37NO3. The Morgan fingerprint density at radius 3 is 2.29 bits per heavy atom. The summed E-state index contributed by atoms with van der Waals surface area (Å²) in [4.78, 5) is 14.5. The van der Waals surface area contributed by atoms with Gasteiger partial charge in [0.25, 0.3) is 0 Å². The molecule has 0 spiro atoms. The Hall–Kier alpha value is -2.07. The maximum Gasteiger partial charge on any atom is 0.311 e. The van der Waals surface area contributed by atoms with E-state index < -0.39 is 0 Å². The molecule has 0 amide bonds. The third-order valence-corrected chi connectivity index (χ3v) is 7.51. The van der Waals surface area contributed by atoms with E-state index in [1.165, 1.54) is 36.3 Å². The van der Waals surface area contributed by atoms with E-state index >= 15 is 0 Å². The van der Waals surface area contributed by atoms with Crippen molar-refractivity contribution >= 4 is 16.7 Å². The molecule has 0 unspecified atom stereocenters. The van der Waals surface area contributed by atoms with Gasteiger partial charge in [-0.05, 0) is 98.5 Å². The van der Waals surface area contributed by atoms with Crippen molar-refractivity contribution in [3.8, 4) is 5.75 Å². The number of carbonyl (C=O) groups excluding carboxylic acids is 1. The summed E-state index contributed by atoms with van der Waals surface area (Å²) in [5.74, 6) is 0.913. The lowest BCUT2D eigenvalue weighted by Gasteiger charge is -2.37. The van der Waals surface area contributed by atoms with Gasteiger partial charge in [-0.25, -0.2) is 0 Å². The van der Waals surface area contributed by atoms with Crippen LogP contribution in [0.2, 0.25) is 0 Å². The lowest BCUT2D eigenvalue weighted by molar-refractivity contribution is -0.154. The van der Waals surface area contributed by atoms with Crippen LogP contribution in [0.4, 0.5) is 0 Å². The number of carbonyl (C=O) groups is 1. The molecule has 2 aromatic carbocycles. The van der Waals surface area contributed by atoms with Crippen molar-refractivity contribution in [2.45, 2.75) is 71.9 Å². The number of methoxy groups -OCH3 is 1. The van der Waals surface area contributed by atoms with Crippen molar-refractivity contribution in [2.75, 3.05) is 20.2 Å². The van der Waals surface area contributed by atoms with Crippen LogP contribution in [0.5, 0.6) is 5.75 Å². The largest absolute Gasteiger partial charge is 0.490 e. The highest BCUT2D eigenvalue weighted by molar-refractivity contribution is 5.84. The maximum atomic E-state index is 12.0. The predicted molar refractivity (Wildman–Crippen MR) is 125 cm³/mol. The Labute approximate surface area is 186 Å². The van der Waals surface area contributed by atoms with Crippen LogP contribution in [0.3, 0.4) is 0 Å². The zero-order chi connectivity index (χ0) is 22.1. The van der Waals surface area contributed by atoms with Gasteiger partial charge in [0.2, 0.25) is 0 Å². The van der Waals surface area contributed by atoms with Crippen molar-refractivity contribution in [3.05, 3.63) is 42.0 Å². The van der Waals surface area contributed by atoms with Gasteiger partial charge in [0, 0.05) is 6.54 Å². The van der Waals surface area contributed by atoms with Crippen molar-refractivity contribution in [3.63, 3.8) is 0 Å². The van der Waals surface area contributed by atoms with Gasteiger partial charge in [0.05, 0.1) is 18.6 Å². The summed E-state index contributed by atoms with van der Waals surface area (Å²) in [6.45, 7) is 9.52. The van der Waals surface area contributed by atoms with Gasteiger partial charge < -0.3 is 9.47 Å². The van der Waals surface area contributed by atoms with Crippen LogP contribution in [0, 0.1) is 10.8 Å². The van der Waals surface area contributed by atoms with Crippen molar-refractivity contribution in [1.29, 1.82) is 0 Å². The highest BCUT2D eigenvalue weighted by atomic mass is 16.5. The van der Waals surface area contributed by atoms with E-state index in [4.69, 9.17) is 9.47 Å². The Bertz CT molecular complexity index is 917. The monoisotopic (exact) mass is 423 g/mol. The lowest BCUT2D eigenvalue weighted by atomic mass is 9.76. The van der Waals surface area contributed by atoms with E-state index in [1.54, 1.807) is 0 Å². The Morgan fingerprint density at radius 2 is 1.61 bits per heavy atom. The quantitative estimate of drug-likeness (QED) is 0.556. The van der Waals surface area contributed by atoms with Crippen LogP contribution in [0.1, 0.15) is 64.9 Å². The van der Waals surface area contributed by atoms with Gasteiger partial charge in [0.1, 0.15) is 5.75 Å². The minimum absolute atomic E-state index is 0.0761. The molecule has 4 rings (SSSR count). The molecule has 1 aliphatic heterocycles.